The number of unbranched alkanes of at least 4 members (excludes halogenated alkanes) is 1. The highest BCUT2D eigenvalue weighted by molar-refractivity contribution is 5.86. The number of carbonyl (C=O) groups is 1. The molecule has 0 amide bonds. The van der Waals surface area contributed by atoms with Gasteiger partial charge in [0.05, 0.1) is 0 Å². The van der Waals surface area contributed by atoms with E-state index in [4.69, 9.17) is 5.11 Å². The van der Waals surface area contributed by atoms with E-state index in [1.807, 2.05) is 0 Å². The average molecular weight is 209 g/mol. The number of hydrogen-bond acceptors (Lipinski definition) is 4. The van der Waals surface area contributed by atoms with Crippen molar-refractivity contribution < 1.29 is 9.90 Å². The van der Waals surface area contributed by atoms with Crippen molar-refractivity contribution in [3.63, 3.8) is 0 Å². The molecule has 5 heteroatoms. The number of anilines is 1. The molecular formula is C10H15N3O2. The number of rotatable bonds is 5. The Morgan fingerprint density at radius 1 is 1.53 bits per heavy atom. The maximum absolute atomic E-state index is 10.7. The van der Waals surface area contributed by atoms with Gasteiger partial charge in [-0.3, -0.25) is 0 Å². The molecule has 82 valence electrons. The van der Waals surface area contributed by atoms with Crippen molar-refractivity contribution in [2.24, 2.45) is 0 Å². The SMILES string of the molecule is CCCCNc1cc(C(=O)O)nc(C)n1. The predicted molar refractivity (Wildman–Crippen MR) is 57.1 cm³/mol. The van der Waals surface area contributed by atoms with Gasteiger partial charge in [0.1, 0.15) is 11.6 Å². The molecule has 1 aromatic rings. The van der Waals surface area contributed by atoms with Crippen LogP contribution in [0.2, 0.25) is 0 Å². The zero-order chi connectivity index (χ0) is 11.3. The lowest BCUT2D eigenvalue weighted by atomic mass is 10.3. The molecule has 0 unspecified atom stereocenters. The number of carboxylic acids is 1. The van der Waals surface area contributed by atoms with Crippen LogP contribution >= 0.6 is 0 Å². The van der Waals surface area contributed by atoms with Crippen LogP contribution in [0.3, 0.4) is 0 Å². The van der Waals surface area contributed by atoms with Crippen molar-refractivity contribution in [1.29, 1.82) is 0 Å². The quantitative estimate of drug-likeness (QED) is 0.722. The minimum atomic E-state index is -1.03. The lowest BCUT2D eigenvalue weighted by Gasteiger charge is -2.05. The zero-order valence-corrected chi connectivity index (χ0v) is 8.95. The Bertz CT molecular complexity index is 353. The van der Waals surface area contributed by atoms with Crippen LogP contribution in [-0.2, 0) is 0 Å². The molecule has 0 fully saturated rings. The molecule has 0 radical (unpaired) electrons. The topological polar surface area (TPSA) is 75.1 Å². The molecule has 2 N–H and O–H groups in total. The molecule has 0 spiro atoms. The third-order valence-corrected chi connectivity index (χ3v) is 1.89. The minimum absolute atomic E-state index is 0.0292. The van der Waals surface area contributed by atoms with E-state index in [0.717, 1.165) is 19.4 Å². The number of aromatic nitrogens is 2. The van der Waals surface area contributed by atoms with Crippen LogP contribution in [0.5, 0.6) is 0 Å². The monoisotopic (exact) mass is 209 g/mol. The first-order valence-corrected chi connectivity index (χ1v) is 4.96. The summed E-state index contributed by atoms with van der Waals surface area (Å²) in [5.74, 6) is 0.0151. The molecular weight excluding hydrogens is 194 g/mol. The van der Waals surface area contributed by atoms with Gasteiger partial charge in [0.2, 0.25) is 0 Å². The van der Waals surface area contributed by atoms with E-state index in [2.05, 4.69) is 22.2 Å². The van der Waals surface area contributed by atoms with Crippen molar-refractivity contribution in [2.75, 3.05) is 11.9 Å². The van der Waals surface area contributed by atoms with Gasteiger partial charge in [-0.15, -0.1) is 0 Å². The molecule has 1 rings (SSSR count). The summed E-state index contributed by atoms with van der Waals surface area (Å²) in [7, 11) is 0. The van der Waals surface area contributed by atoms with Gasteiger partial charge in [-0.25, -0.2) is 14.8 Å². The fraction of sp³-hybridized carbons (Fsp3) is 0.500. The third-order valence-electron chi connectivity index (χ3n) is 1.89. The van der Waals surface area contributed by atoms with Crippen LogP contribution in [0.25, 0.3) is 0 Å². The van der Waals surface area contributed by atoms with E-state index in [0.29, 0.717) is 11.6 Å². The van der Waals surface area contributed by atoms with Crippen LogP contribution in [-0.4, -0.2) is 27.6 Å². The lowest BCUT2D eigenvalue weighted by molar-refractivity contribution is 0.0690. The Morgan fingerprint density at radius 2 is 2.27 bits per heavy atom. The van der Waals surface area contributed by atoms with Crippen molar-refractivity contribution in [3.05, 3.63) is 17.6 Å². The second-order valence-corrected chi connectivity index (χ2v) is 3.27. The van der Waals surface area contributed by atoms with E-state index in [1.165, 1.54) is 6.07 Å². The van der Waals surface area contributed by atoms with Crippen LogP contribution in [0.1, 0.15) is 36.1 Å². The van der Waals surface area contributed by atoms with Gasteiger partial charge in [-0.2, -0.15) is 0 Å². The third kappa shape index (κ3) is 3.53. The summed E-state index contributed by atoms with van der Waals surface area (Å²) in [5.41, 5.74) is 0.0292. The average Bonchev–Trinajstić information content (AvgIpc) is 2.17. The van der Waals surface area contributed by atoms with Crippen LogP contribution in [0.4, 0.5) is 5.82 Å². The summed E-state index contributed by atoms with van der Waals surface area (Å²) in [6.45, 7) is 4.57. The smallest absolute Gasteiger partial charge is 0.354 e. The van der Waals surface area contributed by atoms with Crippen molar-refractivity contribution in [2.45, 2.75) is 26.7 Å². The molecule has 5 nitrogen and oxygen atoms in total. The number of aryl methyl sites for hydroxylation is 1. The molecule has 0 aliphatic heterocycles. The van der Waals surface area contributed by atoms with Crippen molar-refractivity contribution >= 4 is 11.8 Å². The maximum atomic E-state index is 10.7. The van der Waals surface area contributed by atoms with Gasteiger partial charge >= 0.3 is 5.97 Å². The van der Waals surface area contributed by atoms with Crippen molar-refractivity contribution in [1.82, 2.24) is 9.97 Å². The highest BCUT2D eigenvalue weighted by atomic mass is 16.4. The Hall–Kier alpha value is -1.65. The summed E-state index contributed by atoms with van der Waals surface area (Å²) < 4.78 is 0. The molecule has 0 aromatic carbocycles. The number of nitrogens with zero attached hydrogens (tertiary/aromatic N) is 2. The predicted octanol–water partition coefficient (Wildman–Crippen LogP) is 1.70. The summed E-state index contributed by atoms with van der Waals surface area (Å²) in [6, 6.07) is 1.45. The van der Waals surface area contributed by atoms with Gasteiger partial charge in [-0.1, -0.05) is 13.3 Å². The Balaban J connectivity index is 2.75. The number of hydrogen-bond donors (Lipinski definition) is 2. The highest BCUT2D eigenvalue weighted by Gasteiger charge is 2.07. The van der Waals surface area contributed by atoms with Gasteiger partial charge in [0, 0.05) is 12.6 Å². The van der Waals surface area contributed by atoms with Gasteiger partial charge in [0.25, 0.3) is 0 Å². The molecule has 0 saturated heterocycles. The van der Waals surface area contributed by atoms with Crippen LogP contribution in [0.15, 0.2) is 6.07 Å². The molecule has 0 aliphatic rings. The van der Waals surface area contributed by atoms with Gasteiger partial charge < -0.3 is 10.4 Å². The summed E-state index contributed by atoms with van der Waals surface area (Å²) in [4.78, 5) is 18.6. The van der Waals surface area contributed by atoms with E-state index >= 15 is 0 Å². The Labute approximate surface area is 88.6 Å². The molecule has 0 aliphatic carbocycles. The summed E-state index contributed by atoms with van der Waals surface area (Å²) in [5, 5.41) is 11.9. The normalized spacial score (nSPS) is 10.0. The van der Waals surface area contributed by atoms with E-state index in [1.54, 1.807) is 6.92 Å². The van der Waals surface area contributed by atoms with E-state index in [-0.39, 0.29) is 5.69 Å². The first-order valence-electron chi connectivity index (χ1n) is 4.96. The summed E-state index contributed by atoms with van der Waals surface area (Å²) >= 11 is 0. The minimum Gasteiger partial charge on any atom is -0.477 e. The Kier molecular flexibility index (Phi) is 4.03. The first kappa shape index (κ1) is 11.4. The fourth-order valence-corrected chi connectivity index (χ4v) is 1.16. The molecule has 1 aromatic heterocycles. The largest absolute Gasteiger partial charge is 0.477 e. The number of carboxylic acid groups (broad SMARTS) is 1. The Morgan fingerprint density at radius 3 is 2.87 bits per heavy atom. The summed E-state index contributed by atoms with van der Waals surface area (Å²) in [6.07, 6.45) is 2.12. The maximum Gasteiger partial charge on any atom is 0.354 e. The highest BCUT2D eigenvalue weighted by Crippen LogP contribution is 2.06. The molecule has 1 heterocycles. The van der Waals surface area contributed by atoms with Gasteiger partial charge in [-0.05, 0) is 13.3 Å². The molecule has 15 heavy (non-hydrogen) atoms. The van der Waals surface area contributed by atoms with Crippen molar-refractivity contribution in [3.8, 4) is 0 Å². The number of aromatic carboxylic acids is 1. The number of nitrogens with one attached hydrogen (secondary N) is 1. The molecule has 0 saturated carbocycles. The zero-order valence-electron chi connectivity index (χ0n) is 8.95. The standard InChI is InChI=1S/C10H15N3O2/c1-3-4-5-11-9-6-8(10(14)15)12-7(2)13-9/h6H,3-5H2,1-2H3,(H,14,15)(H,11,12,13). The van der Waals surface area contributed by atoms with E-state index in [9.17, 15) is 4.79 Å². The second kappa shape index (κ2) is 5.29. The van der Waals surface area contributed by atoms with Gasteiger partial charge in [0.15, 0.2) is 5.69 Å². The van der Waals surface area contributed by atoms with Crippen LogP contribution < -0.4 is 5.32 Å². The molecule has 0 atom stereocenters. The second-order valence-electron chi connectivity index (χ2n) is 3.27. The fourth-order valence-electron chi connectivity index (χ4n) is 1.16. The van der Waals surface area contributed by atoms with E-state index < -0.39 is 5.97 Å². The molecule has 0 bridgehead atoms. The first-order chi connectivity index (χ1) is 7.13. The lowest BCUT2D eigenvalue weighted by Crippen LogP contribution is -2.08. The van der Waals surface area contributed by atoms with Crippen LogP contribution in [0, 0.1) is 6.92 Å².